The van der Waals surface area contributed by atoms with E-state index in [4.69, 9.17) is 5.11 Å². The molecule has 0 aliphatic heterocycles. The van der Waals surface area contributed by atoms with Crippen LogP contribution in [0.15, 0.2) is 34.8 Å². The van der Waals surface area contributed by atoms with E-state index >= 15 is 0 Å². The zero-order chi connectivity index (χ0) is 14.9. The summed E-state index contributed by atoms with van der Waals surface area (Å²) < 4.78 is 41.3. The molecule has 3 nitrogen and oxygen atoms in total. The molecular formula is C13H7BrF3NO2. The van der Waals surface area contributed by atoms with E-state index in [1.807, 2.05) is 0 Å². The summed E-state index contributed by atoms with van der Waals surface area (Å²) in [6, 6.07) is 5.34. The Hall–Kier alpha value is -2.02. The van der Waals surface area contributed by atoms with Crippen molar-refractivity contribution in [3.05, 3.63) is 57.8 Å². The Kier molecular flexibility index (Phi) is 3.99. The lowest BCUT2D eigenvalue weighted by Crippen LogP contribution is -2.04. The van der Waals surface area contributed by atoms with Crippen LogP contribution >= 0.6 is 15.9 Å². The van der Waals surface area contributed by atoms with Crippen LogP contribution in [0.25, 0.3) is 0 Å². The van der Waals surface area contributed by atoms with E-state index in [1.54, 1.807) is 0 Å². The molecule has 0 aliphatic rings. The number of carbonyl (C=O) groups is 1. The number of carboxylic acid groups (broad SMARTS) is 1. The Morgan fingerprint density at radius 1 is 1.05 bits per heavy atom. The van der Waals surface area contributed by atoms with E-state index in [0.29, 0.717) is 12.1 Å². The average molecular weight is 346 g/mol. The molecule has 0 fully saturated rings. The molecular weight excluding hydrogens is 339 g/mol. The van der Waals surface area contributed by atoms with E-state index < -0.39 is 34.7 Å². The maximum absolute atomic E-state index is 13.7. The standard InChI is InChI=1S/C13H7BrF3NO2/c14-7-2-1-3-8(15)11(7)18-12-9(16)4-6(13(19)20)5-10(12)17/h1-5,18H,(H,19,20). The van der Waals surface area contributed by atoms with Gasteiger partial charge in [0.15, 0.2) is 11.6 Å². The van der Waals surface area contributed by atoms with Crippen LogP contribution in [0.1, 0.15) is 10.4 Å². The summed E-state index contributed by atoms with van der Waals surface area (Å²) in [6.45, 7) is 0. The lowest BCUT2D eigenvalue weighted by Gasteiger charge is -2.12. The van der Waals surface area contributed by atoms with Gasteiger partial charge < -0.3 is 10.4 Å². The predicted octanol–water partition coefficient (Wildman–Crippen LogP) is 4.31. The Morgan fingerprint density at radius 3 is 2.15 bits per heavy atom. The number of carboxylic acids is 1. The van der Waals surface area contributed by atoms with E-state index in [0.717, 1.165) is 6.07 Å². The van der Waals surface area contributed by atoms with E-state index in [2.05, 4.69) is 21.2 Å². The van der Waals surface area contributed by atoms with Gasteiger partial charge in [-0.3, -0.25) is 0 Å². The first-order chi connectivity index (χ1) is 9.40. The van der Waals surface area contributed by atoms with Crippen molar-refractivity contribution < 1.29 is 23.1 Å². The second-order valence-corrected chi connectivity index (χ2v) is 4.70. The molecule has 7 heteroatoms. The van der Waals surface area contributed by atoms with Crippen LogP contribution < -0.4 is 5.32 Å². The zero-order valence-electron chi connectivity index (χ0n) is 9.75. The summed E-state index contributed by atoms with van der Waals surface area (Å²) in [4.78, 5) is 10.7. The molecule has 0 spiro atoms. The zero-order valence-corrected chi connectivity index (χ0v) is 11.3. The van der Waals surface area contributed by atoms with Crippen LogP contribution in [0, 0.1) is 17.5 Å². The molecule has 0 unspecified atom stereocenters. The van der Waals surface area contributed by atoms with Crippen LogP contribution in [0.2, 0.25) is 0 Å². The van der Waals surface area contributed by atoms with Crippen molar-refractivity contribution in [1.29, 1.82) is 0 Å². The van der Waals surface area contributed by atoms with Gasteiger partial charge in [-0.25, -0.2) is 18.0 Å². The second-order valence-electron chi connectivity index (χ2n) is 3.84. The van der Waals surface area contributed by atoms with Crippen molar-refractivity contribution in [3.63, 3.8) is 0 Å². The van der Waals surface area contributed by atoms with Gasteiger partial charge in [-0.2, -0.15) is 0 Å². The fraction of sp³-hybridized carbons (Fsp3) is 0. The van der Waals surface area contributed by atoms with E-state index in [1.165, 1.54) is 12.1 Å². The third kappa shape index (κ3) is 2.77. The van der Waals surface area contributed by atoms with Crippen molar-refractivity contribution in [2.45, 2.75) is 0 Å². The van der Waals surface area contributed by atoms with Gasteiger partial charge in [-0.15, -0.1) is 0 Å². The summed E-state index contributed by atoms with van der Waals surface area (Å²) in [5, 5.41) is 11.0. The fourth-order valence-electron chi connectivity index (χ4n) is 1.56. The molecule has 2 N–H and O–H groups in total. The summed E-state index contributed by atoms with van der Waals surface area (Å²) in [5.41, 5.74) is -1.30. The largest absolute Gasteiger partial charge is 0.478 e. The predicted molar refractivity (Wildman–Crippen MR) is 70.7 cm³/mol. The topological polar surface area (TPSA) is 49.3 Å². The van der Waals surface area contributed by atoms with Gasteiger partial charge in [0.05, 0.1) is 11.3 Å². The number of anilines is 2. The third-order valence-electron chi connectivity index (χ3n) is 2.50. The Bertz CT molecular complexity index is 648. The summed E-state index contributed by atoms with van der Waals surface area (Å²) in [6.07, 6.45) is 0. The van der Waals surface area contributed by atoms with Gasteiger partial charge in [0, 0.05) is 4.47 Å². The molecule has 0 heterocycles. The molecule has 0 amide bonds. The van der Waals surface area contributed by atoms with E-state index in [-0.39, 0.29) is 10.2 Å². The highest BCUT2D eigenvalue weighted by Crippen LogP contribution is 2.31. The van der Waals surface area contributed by atoms with Crippen LogP contribution in [0.5, 0.6) is 0 Å². The molecule has 0 bridgehead atoms. The summed E-state index contributed by atoms with van der Waals surface area (Å²) in [5.74, 6) is -4.42. The van der Waals surface area contributed by atoms with Gasteiger partial charge >= 0.3 is 5.97 Å². The SMILES string of the molecule is O=C(O)c1cc(F)c(Nc2c(F)cccc2Br)c(F)c1. The molecule has 0 aliphatic carbocycles. The number of hydrogen-bond donors (Lipinski definition) is 2. The van der Waals surface area contributed by atoms with Crippen LogP contribution in [0.3, 0.4) is 0 Å². The van der Waals surface area contributed by atoms with Crippen LogP contribution in [-0.2, 0) is 0 Å². The molecule has 2 aromatic rings. The van der Waals surface area contributed by atoms with Crippen molar-refractivity contribution in [3.8, 4) is 0 Å². The van der Waals surface area contributed by atoms with Crippen molar-refractivity contribution in [1.82, 2.24) is 0 Å². The molecule has 0 saturated carbocycles. The van der Waals surface area contributed by atoms with Crippen molar-refractivity contribution >= 4 is 33.3 Å². The molecule has 2 aromatic carbocycles. The normalized spacial score (nSPS) is 10.4. The number of benzene rings is 2. The first-order valence-electron chi connectivity index (χ1n) is 5.33. The molecule has 20 heavy (non-hydrogen) atoms. The highest BCUT2D eigenvalue weighted by Gasteiger charge is 2.17. The molecule has 0 atom stereocenters. The summed E-state index contributed by atoms with van der Waals surface area (Å²) >= 11 is 3.05. The number of hydrogen-bond acceptors (Lipinski definition) is 2. The minimum Gasteiger partial charge on any atom is -0.478 e. The fourth-order valence-corrected chi connectivity index (χ4v) is 2.00. The lowest BCUT2D eigenvalue weighted by atomic mass is 10.1. The Balaban J connectivity index is 2.47. The van der Waals surface area contributed by atoms with Crippen molar-refractivity contribution in [2.24, 2.45) is 0 Å². The number of aromatic carboxylic acids is 1. The minimum absolute atomic E-state index is 0.145. The minimum atomic E-state index is -1.46. The summed E-state index contributed by atoms with van der Waals surface area (Å²) in [7, 11) is 0. The quantitative estimate of drug-likeness (QED) is 0.871. The lowest BCUT2D eigenvalue weighted by molar-refractivity contribution is 0.0696. The highest BCUT2D eigenvalue weighted by molar-refractivity contribution is 9.10. The first-order valence-corrected chi connectivity index (χ1v) is 6.13. The van der Waals surface area contributed by atoms with Crippen molar-refractivity contribution in [2.75, 3.05) is 5.32 Å². The van der Waals surface area contributed by atoms with Gasteiger partial charge in [0.25, 0.3) is 0 Å². The smallest absolute Gasteiger partial charge is 0.335 e. The van der Waals surface area contributed by atoms with Gasteiger partial charge in [-0.05, 0) is 40.2 Å². The molecule has 0 aromatic heterocycles. The molecule has 0 saturated heterocycles. The maximum Gasteiger partial charge on any atom is 0.335 e. The number of nitrogens with one attached hydrogen (secondary N) is 1. The number of rotatable bonds is 3. The molecule has 0 radical (unpaired) electrons. The average Bonchev–Trinajstić information content (AvgIpc) is 2.36. The highest BCUT2D eigenvalue weighted by atomic mass is 79.9. The Morgan fingerprint density at radius 2 is 1.65 bits per heavy atom. The maximum atomic E-state index is 13.7. The van der Waals surface area contributed by atoms with Crippen LogP contribution in [0.4, 0.5) is 24.5 Å². The third-order valence-corrected chi connectivity index (χ3v) is 3.16. The Labute approximate surface area is 120 Å². The molecule has 104 valence electrons. The second kappa shape index (κ2) is 5.54. The van der Waals surface area contributed by atoms with E-state index in [9.17, 15) is 18.0 Å². The first kappa shape index (κ1) is 14.4. The van der Waals surface area contributed by atoms with Crippen LogP contribution in [-0.4, -0.2) is 11.1 Å². The molecule has 2 rings (SSSR count). The number of para-hydroxylation sites is 1. The number of halogens is 4. The van der Waals surface area contributed by atoms with Gasteiger partial charge in [0.2, 0.25) is 0 Å². The van der Waals surface area contributed by atoms with Gasteiger partial charge in [-0.1, -0.05) is 6.07 Å². The van der Waals surface area contributed by atoms with Gasteiger partial charge in [0.1, 0.15) is 11.5 Å². The monoisotopic (exact) mass is 345 g/mol.